The molecule has 3 fully saturated rings. The molecule has 0 atom stereocenters. The number of halogens is 1. The van der Waals surface area contributed by atoms with Crippen LogP contribution < -0.4 is 0 Å². The zero-order valence-electron chi connectivity index (χ0n) is 19.9. The van der Waals surface area contributed by atoms with Crippen molar-refractivity contribution in [2.75, 3.05) is 26.2 Å². The van der Waals surface area contributed by atoms with Gasteiger partial charge < -0.3 is 14.6 Å². The van der Waals surface area contributed by atoms with E-state index in [1.165, 1.54) is 6.07 Å². The third-order valence-corrected chi connectivity index (χ3v) is 7.08. The maximum atomic E-state index is 15.2. The summed E-state index contributed by atoms with van der Waals surface area (Å²) >= 11 is 0. The van der Waals surface area contributed by atoms with Gasteiger partial charge in [-0.2, -0.15) is 0 Å². The molecular formula is C26H28FN3O2. The highest BCUT2D eigenvalue weighted by Gasteiger charge is 2.46. The van der Waals surface area contributed by atoms with Crippen molar-refractivity contribution in [3.8, 4) is 11.1 Å². The van der Waals surface area contributed by atoms with Crippen molar-refractivity contribution in [2.24, 2.45) is 0 Å². The largest absolute Gasteiger partial charge is 0.363 e. The van der Waals surface area contributed by atoms with Crippen LogP contribution >= 0.6 is 0 Å². The molecule has 2 aliphatic heterocycles. The number of amides is 1. The fraction of sp³-hybridized carbons (Fsp3) is 0.423. The second kappa shape index (κ2) is 7.71. The number of carbonyl (C=O) groups is 1. The number of rotatable bonds is 4. The fourth-order valence-electron chi connectivity index (χ4n) is 4.97. The van der Waals surface area contributed by atoms with Gasteiger partial charge in [0.05, 0.1) is 12.1 Å². The first-order chi connectivity index (χ1) is 16.3. The van der Waals surface area contributed by atoms with E-state index in [0.29, 0.717) is 44.1 Å². The van der Waals surface area contributed by atoms with Crippen molar-refractivity contribution in [1.82, 2.24) is 14.8 Å². The Hall–Kier alpha value is -2.70. The summed E-state index contributed by atoms with van der Waals surface area (Å²) in [7, 11) is 0. The molecule has 5 nitrogen and oxygen atoms in total. The maximum absolute atomic E-state index is 15.2. The minimum absolute atomic E-state index is 0.0486. The number of hydrogen-bond acceptors (Lipinski definition) is 3. The average molecular weight is 436 g/mol. The van der Waals surface area contributed by atoms with Gasteiger partial charge in [-0.3, -0.25) is 9.69 Å². The summed E-state index contributed by atoms with van der Waals surface area (Å²) in [6, 6.07) is 13.0. The first-order valence-corrected chi connectivity index (χ1v) is 11.4. The topological polar surface area (TPSA) is 48.6 Å². The summed E-state index contributed by atoms with van der Waals surface area (Å²) in [5.74, 6) is -0.489. The molecule has 1 aromatic heterocycles. The minimum atomic E-state index is -1.94. The number of fused-ring (bicyclic) bond motifs is 1. The van der Waals surface area contributed by atoms with Crippen LogP contribution in [0.25, 0.3) is 22.0 Å². The van der Waals surface area contributed by atoms with Crippen molar-refractivity contribution in [3.63, 3.8) is 0 Å². The highest BCUT2D eigenvalue weighted by Crippen LogP contribution is 2.36. The molecule has 1 aliphatic carbocycles. The van der Waals surface area contributed by atoms with E-state index in [0.717, 1.165) is 29.3 Å². The van der Waals surface area contributed by atoms with Crippen LogP contribution in [-0.4, -0.2) is 58.6 Å². The van der Waals surface area contributed by atoms with Gasteiger partial charge in [-0.05, 0) is 60.4 Å². The zero-order valence-corrected chi connectivity index (χ0v) is 17.9. The highest BCUT2D eigenvalue weighted by atomic mass is 19.1. The third-order valence-electron chi connectivity index (χ3n) is 7.08. The fourth-order valence-corrected chi connectivity index (χ4v) is 4.97. The molecule has 1 amide bonds. The molecule has 6 heteroatoms. The molecule has 166 valence electrons. The Balaban J connectivity index is 1.19. The number of nitrogens with one attached hydrogen (secondary N) is 1. The number of carbonyl (C=O) groups excluding carboxylic acids is 1. The van der Waals surface area contributed by atoms with Gasteiger partial charge in [0.1, 0.15) is 12.4 Å². The molecule has 3 heterocycles. The van der Waals surface area contributed by atoms with Gasteiger partial charge in [0.25, 0.3) is 0 Å². The Bertz CT molecular complexity index is 1250. The molecule has 32 heavy (non-hydrogen) atoms. The van der Waals surface area contributed by atoms with Gasteiger partial charge in [-0.1, -0.05) is 24.3 Å². The molecule has 0 radical (unpaired) electrons. The molecule has 3 aliphatic rings. The smallest absolute Gasteiger partial charge is 0.248 e. The van der Waals surface area contributed by atoms with E-state index in [9.17, 15) is 4.79 Å². The molecule has 0 unspecified atom stereocenters. The summed E-state index contributed by atoms with van der Waals surface area (Å²) in [4.78, 5) is 19.0. The number of likely N-dealkylation sites (tertiary alicyclic amines) is 1. The maximum Gasteiger partial charge on any atom is 0.248 e. The van der Waals surface area contributed by atoms with E-state index in [1.54, 1.807) is 17.0 Å². The number of piperidine rings is 1. The average Bonchev–Trinajstić information content (AvgIpc) is 3.57. The van der Waals surface area contributed by atoms with Crippen LogP contribution in [0.4, 0.5) is 4.39 Å². The lowest BCUT2D eigenvalue weighted by molar-refractivity contribution is -0.172. The van der Waals surface area contributed by atoms with E-state index >= 15 is 4.39 Å². The Morgan fingerprint density at radius 2 is 1.91 bits per heavy atom. The van der Waals surface area contributed by atoms with E-state index < -0.39 is 17.9 Å². The van der Waals surface area contributed by atoms with Crippen LogP contribution in [0.5, 0.6) is 0 Å². The molecule has 0 bridgehead atoms. The zero-order chi connectivity index (χ0) is 23.5. The first kappa shape index (κ1) is 17.8. The molecule has 2 saturated heterocycles. The van der Waals surface area contributed by atoms with Crippen molar-refractivity contribution < 1.29 is 16.7 Å². The van der Waals surface area contributed by atoms with Crippen LogP contribution in [0.1, 0.15) is 34.0 Å². The Labute approximate surface area is 190 Å². The Morgan fingerprint density at radius 1 is 1.12 bits per heavy atom. The van der Waals surface area contributed by atoms with Gasteiger partial charge in [0.15, 0.2) is 0 Å². The van der Waals surface area contributed by atoms with Crippen LogP contribution in [0, 0.1) is 5.82 Å². The second-order valence-corrected chi connectivity index (χ2v) is 9.30. The number of aromatic amines is 1. The molecule has 1 saturated carbocycles. The number of morpholine rings is 1. The lowest BCUT2D eigenvalue weighted by atomic mass is 9.89. The molecule has 3 aromatic rings. The monoisotopic (exact) mass is 435 g/mol. The SMILES string of the molecule is [2H]C([2H])(c1ccc(-c2ccc3cc[nH]c3c2)cc1F)N1CCC2(CC1)CN(C1CC1)C(=O)CO2. The van der Waals surface area contributed by atoms with Crippen LogP contribution in [-0.2, 0) is 16.0 Å². The van der Waals surface area contributed by atoms with E-state index in [2.05, 4.69) is 4.98 Å². The summed E-state index contributed by atoms with van der Waals surface area (Å²) in [6.07, 6.45) is 5.24. The number of hydrogen-bond donors (Lipinski definition) is 1. The van der Waals surface area contributed by atoms with Crippen molar-refractivity contribution >= 4 is 16.8 Å². The Kier molecular flexibility index (Phi) is 4.29. The van der Waals surface area contributed by atoms with Crippen LogP contribution in [0.15, 0.2) is 48.7 Å². The molecular weight excluding hydrogens is 405 g/mol. The molecule has 1 spiro atoms. The van der Waals surface area contributed by atoms with E-state index in [4.69, 9.17) is 7.48 Å². The standard InChI is InChI=1S/C26H28FN3O2/c27-23-13-19(20-2-1-18-7-10-28-24(18)14-20)3-4-21(23)15-29-11-8-26(9-12-29)17-30(22-5-6-22)25(31)16-32-26/h1-4,7,10,13-14,22,28H,5-6,8-9,11-12,15-17H2/i15D2. The van der Waals surface area contributed by atoms with Gasteiger partial charge in [-0.15, -0.1) is 0 Å². The molecule has 6 rings (SSSR count). The predicted molar refractivity (Wildman–Crippen MR) is 122 cm³/mol. The van der Waals surface area contributed by atoms with Gasteiger partial charge in [0.2, 0.25) is 5.91 Å². The van der Waals surface area contributed by atoms with Gasteiger partial charge >= 0.3 is 0 Å². The number of H-pyrrole nitrogens is 1. The molecule has 2 aromatic carbocycles. The highest BCUT2D eigenvalue weighted by molar-refractivity contribution is 5.84. The minimum Gasteiger partial charge on any atom is -0.363 e. The summed E-state index contributed by atoms with van der Waals surface area (Å²) in [5, 5.41) is 1.09. The van der Waals surface area contributed by atoms with E-state index in [1.807, 2.05) is 35.4 Å². The van der Waals surface area contributed by atoms with Crippen LogP contribution in [0.2, 0.25) is 0 Å². The van der Waals surface area contributed by atoms with Crippen molar-refractivity contribution in [2.45, 2.75) is 43.8 Å². The van der Waals surface area contributed by atoms with E-state index in [-0.39, 0.29) is 18.1 Å². The first-order valence-electron chi connectivity index (χ1n) is 12.4. The lowest BCUT2D eigenvalue weighted by Gasteiger charge is -2.47. The molecule has 1 N–H and O–H groups in total. The second-order valence-electron chi connectivity index (χ2n) is 9.30. The quantitative estimate of drug-likeness (QED) is 0.664. The van der Waals surface area contributed by atoms with Gasteiger partial charge in [0, 0.05) is 45.6 Å². The number of ether oxygens (including phenoxy) is 1. The number of aromatic nitrogens is 1. The Morgan fingerprint density at radius 3 is 2.69 bits per heavy atom. The summed E-state index contributed by atoms with van der Waals surface area (Å²) in [6.45, 7) is -0.349. The normalized spacial score (nSPS) is 22.9. The lowest BCUT2D eigenvalue weighted by Crippen LogP contribution is -2.59. The van der Waals surface area contributed by atoms with Crippen molar-refractivity contribution in [1.29, 1.82) is 0 Å². The third kappa shape index (κ3) is 3.71. The summed E-state index contributed by atoms with van der Waals surface area (Å²) < 4.78 is 38.7. The predicted octanol–water partition coefficient (Wildman–Crippen LogP) is 4.33. The van der Waals surface area contributed by atoms with Crippen LogP contribution in [0.3, 0.4) is 0 Å². The van der Waals surface area contributed by atoms with Gasteiger partial charge in [-0.25, -0.2) is 4.39 Å². The number of benzene rings is 2. The number of nitrogens with zero attached hydrogens (tertiary/aromatic N) is 2. The van der Waals surface area contributed by atoms with Crippen molar-refractivity contribution in [3.05, 3.63) is 60.0 Å². The summed E-state index contributed by atoms with van der Waals surface area (Å²) in [5.41, 5.74) is 2.21.